The highest BCUT2D eigenvalue weighted by Gasteiger charge is 2.17. The van der Waals surface area contributed by atoms with Crippen molar-refractivity contribution in [1.29, 1.82) is 0 Å². The third kappa shape index (κ3) is 5.04. The van der Waals surface area contributed by atoms with Crippen molar-refractivity contribution in [3.05, 3.63) is 0 Å². The van der Waals surface area contributed by atoms with Crippen molar-refractivity contribution in [2.45, 2.75) is 53.1 Å². The van der Waals surface area contributed by atoms with Crippen LogP contribution in [0, 0.1) is 11.8 Å². The van der Waals surface area contributed by atoms with Crippen LogP contribution >= 0.6 is 0 Å². The van der Waals surface area contributed by atoms with E-state index in [9.17, 15) is 4.79 Å². The minimum Gasteiger partial charge on any atom is -0.386 e. The van der Waals surface area contributed by atoms with Crippen LogP contribution in [0.5, 0.6) is 0 Å². The Kier molecular flexibility index (Phi) is 5.97. The van der Waals surface area contributed by atoms with Crippen LogP contribution in [-0.2, 0) is 4.79 Å². The summed E-state index contributed by atoms with van der Waals surface area (Å²) < 4.78 is 0. The monoisotopic (exact) mass is 186 g/mol. The number of hydrogen-bond acceptors (Lipinski definition) is 2. The van der Waals surface area contributed by atoms with Crippen LogP contribution < -0.4 is 0 Å². The summed E-state index contributed by atoms with van der Waals surface area (Å²) in [5.74, 6) is 0.668. The van der Waals surface area contributed by atoms with E-state index in [1.165, 1.54) is 0 Å². The van der Waals surface area contributed by atoms with Gasteiger partial charge in [0, 0.05) is 5.92 Å². The molecule has 3 atom stereocenters. The molecule has 0 aromatic rings. The molecule has 0 heterocycles. The number of aliphatic hydroxyl groups is 1. The van der Waals surface area contributed by atoms with Gasteiger partial charge in [-0.1, -0.05) is 33.6 Å². The average Bonchev–Trinajstić information content (AvgIpc) is 2.11. The molecule has 0 spiro atoms. The molecule has 13 heavy (non-hydrogen) atoms. The van der Waals surface area contributed by atoms with Gasteiger partial charge in [0.1, 0.15) is 6.10 Å². The van der Waals surface area contributed by atoms with Crippen molar-refractivity contribution in [1.82, 2.24) is 0 Å². The van der Waals surface area contributed by atoms with Crippen LogP contribution in [0.3, 0.4) is 0 Å². The molecule has 2 heteroatoms. The van der Waals surface area contributed by atoms with E-state index in [1.807, 2.05) is 6.92 Å². The summed E-state index contributed by atoms with van der Waals surface area (Å²) in [4.78, 5) is 11.3. The predicted molar refractivity (Wildman–Crippen MR) is 54.5 cm³/mol. The van der Waals surface area contributed by atoms with Gasteiger partial charge >= 0.3 is 0 Å². The number of aliphatic hydroxyl groups excluding tert-OH is 1. The van der Waals surface area contributed by atoms with Gasteiger partial charge in [-0.15, -0.1) is 0 Å². The molecule has 0 aromatic carbocycles. The van der Waals surface area contributed by atoms with Crippen LogP contribution in [0.15, 0.2) is 0 Å². The summed E-state index contributed by atoms with van der Waals surface area (Å²) in [5.41, 5.74) is 0. The Labute approximate surface area is 81.3 Å². The zero-order valence-corrected chi connectivity index (χ0v) is 9.21. The maximum Gasteiger partial charge on any atom is 0.163 e. The Morgan fingerprint density at radius 3 is 2.15 bits per heavy atom. The zero-order chi connectivity index (χ0) is 10.4. The van der Waals surface area contributed by atoms with Crippen molar-refractivity contribution >= 4 is 5.78 Å². The SMILES string of the molecule is CCC(C)CCC(C)C(=O)C(C)O. The van der Waals surface area contributed by atoms with Crippen LogP contribution in [0.25, 0.3) is 0 Å². The maximum absolute atomic E-state index is 11.3. The van der Waals surface area contributed by atoms with Gasteiger partial charge in [-0.05, 0) is 19.3 Å². The van der Waals surface area contributed by atoms with E-state index in [4.69, 9.17) is 5.11 Å². The highest BCUT2D eigenvalue weighted by Crippen LogP contribution is 2.16. The summed E-state index contributed by atoms with van der Waals surface area (Å²) >= 11 is 0. The van der Waals surface area contributed by atoms with E-state index in [1.54, 1.807) is 6.92 Å². The molecule has 0 bridgehead atoms. The lowest BCUT2D eigenvalue weighted by Crippen LogP contribution is -2.23. The van der Waals surface area contributed by atoms with Crippen LogP contribution in [-0.4, -0.2) is 17.0 Å². The fraction of sp³-hybridized carbons (Fsp3) is 0.909. The third-order valence-corrected chi connectivity index (χ3v) is 2.69. The third-order valence-electron chi connectivity index (χ3n) is 2.69. The smallest absolute Gasteiger partial charge is 0.163 e. The Bertz CT molecular complexity index is 152. The Hall–Kier alpha value is -0.370. The normalized spacial score (nSPS) is 17.9. The topological polar surface area (TPSA) is 37.3 Å². The fourth-order valence-electron chi connectivity index (χ4n) is 1.29. The van der Waals surface area contributed by atoms with Crippen molar-refractivity contribution in [3.8, 4) is 0 Å². The lowest BCUT2D eigenvalue weighted by molar-refractivity contribution is -0.130. The van der Waals surface area contributed by atoms with E-state index in [0.29, 0.717) is 5.92 Å². The number of carbonyl (C=O) groups is 1. The molecular formula is C11H22O2. The molecule has 0 rings (SSSR count). The molecule has 3 unspecified atom stereocenters. The minimum atomic E-state index is -0.799. The molecule has 0 saturated carbocycles. The molecule has 0 saturated heterocycles. The van der Waals surface area contributed by atoms with E-state index >= 15 is 0 Å². The molecule has 2 nitrogen and oxygen atoms in total. The van der Waals surface area contributed by atoms with Crippen molar-refractivity contribution in [3.63, 3.8) is 0 Å². The Morgan fingerprint density at radius 1 is 1.23 bits per heavy atom. The first-order valence-corrected chi connectivity index (χ1v) is 5.20. The average molecular weight is 186 g/mol. The minimum absolute atomic E-state index is 0.00833. The van der Waals surface area contributed by atoms with E-state index in [2.05, 4.69) is 13.8 Å². The molecule has 0 aliphatic heterocycles. The molecule has 1 N–H and O–H groups in total. The predicted octanol–water partition coefficient (Wildman–Crippen LogP) is 2.40. The van der Waals surface area contributed by atoms with Gasteiger partial charge in [-0.3, -0.25) is 4.79 Å². The standard InChI is InChI=1S/C11H22O2/c1-5-8(2)6-7-9(3)11(13)10(4)12/h8-10,12H,5-7H2,1-4H3. The number of ketones is 1. The van der Waals surface area contributed by atoms with Gasteiger partial charge in [0.2, 0.25) is 0 Å². The highest BCUT2D eigenvalue weighted by molar-refractivity contribution is 5.84. The van der Waals surface area contributed by atoms with Gasteiger partial charge in [-0.2, -0.15) is 0 Å². The Balaban J connectivity index is 3.74. The second-order valence-corrected chi connectivity index (χ2v) is 4.07. The highest BCUT2D eigenvalue weighted by atomic mass is 16.3. The number of rotatable bonds is 6. The van der Waals surface area contributed by atoms with Gasteiger partial charge in [0.15, 0.2) is 5.78 Å². The van der Waals surface area contributed by atoms with Crippen molar-refractivity contribution in [2.24, 2.45) is 11.8 Å². The van der Waals surface area contributed by atoms with Gasteiger partial charge in [-0.25, -0.2) is 0 Å². The van der Waals surface area contributed by atoms with Gasteiger partial charge in [0.05, 0.1) is 0 Å². The summed E-state index contributed by atoms with van der Waals surface area (Å²) in [6.45, 7) is 7.80. The lowest BCUT2D eigenvalue weighted by Gasteiger charge is -2.14. The summed E-state index contributed by atoms with van der Waals surface area (Å²) in [6, 6.07) is 0. The molecule has 0 aromatic heterocycles. The largest absolute Gasteiger partial charge is 0.386 e. The number of carbonyl (C=O) groups excluding carboxylic acids is 1. The van der Waals surface area contributed by atoms with Gasteiger partial charge < -0.3 is 5.11 Å². The molecule has 0 aliphatic rings. The van der Waals surface area contributed by atoms with Crippen LogP contribution in [0.4, 0.5) is 0 Å². The first kappa shape index (κ1) is 12.6. The van der Waals surface area contributed by atoms with Crippen LogP contribution in [0.2, 0.25) is 0 Å². The number of hydrogen-bond donors (Lipinski definition) is 1. The molecule has 0 fully saturated rings. The lowest BCUT2D eigenvalue weighted by atomic mass is 9.92. The molecule has 0 radical (unpaired) electrons. The molecule has 0 aliphatic carbocycles. The molecule has 0 amide bonds. The quantitative estimate of drug-likeness (QED) is 0.691. The van der Waals surface area contributed by atoms with E-state index in [0.717, 1.165) is 19.3 Å². The first-order valence-electron chi connectivity index (χ1n) is 5.20. The fourth-order valence-corrected chi connectivity index (χ4v) is 1.29. The van der Waals surface area contributed by atoms with Gasteiger partial charge in [0.25, 0.3) is 0 Å². The summed E-state index contributed by atoms with van der Waals surface area (Å²) in [7, 11) is 0. The van der Waals surface area contributed by atoms with Crippen molar-refractivity contribution in [2.75, 3.05) is 0 Å². The summed E-state index contributed by atoms with van der Waals surface area (Å²) in [6.07, 6.45) is 2.34. The first-order chi connectivity index (χ1) is 5.99. The number of Topliss-reactive ketones (excluding diaryl/α,β-unsaturated/α-hetero) is 1. The second kappa shape index (κ2) is 6.14. The zero-order valence-electron chi connectivity index (χ0n) is 9.21. The van der Waals surface area contributed by atoms with Crippen molar-refractivity contribution < 1.29 is 9.90 Å². The Morgan fingerprint density at radius 2 is 1.77 bits per heavy atom. The maximum atomic E-state index is 11.3. The van der Waals surface area contributed by atoms with E-state index in [-0.39, 0.29) is 11.7 Å². The molecular weight excluding hydrogens is 164 g/mol. The van der Waals surface area contributed by atoms with E-state index < -0.39 is 6.10 Å². The summed E-state index contributed by atoms with van der Waals surface area (Å²) in [5, 5.41) is 9.06. The van der Waals surface area contributed by atoms with Crippen LogP contribution in [0.1, 0.15) is 47.0 Å². The second-order valence-electron chi connectivity index (χ2n) is 4.07. The molecule has 78 valence electrons.